The normalized spacial score (nSPS) is 34.8. The topological polar surface area (TPSA) is 165 Å². The number of nitrogens with zero attached hydrogens (tertiary/aromatic N) is 1. The van der Waals surface area contributed by atoms with Crippen molar-refractivity contribution in [1.29, 1.82) is 0 Å². The molecule has 0 radical (unpaired) electrons. The van der Waals surface area contributed by atoms with E-state index in [1.807, 2.05) is 0 Å². The number of hydrogen-bond acceptors (Lipinski definition) is 9. The molecule has 238 valence electrons. The number of nitrogens with one attached hydrogen (secondary N) is 2. The molecule has 1 aromatic carbocycles. The van der Waals surface area contributed by atoms with Crippen LogP contribution in [0.3, 0.4) is 0 Å². The van der Waals surface area contributed by atoms with E-state index in [2.05, 4.69) is 36.3 Å². The Kier molecular flexibility index (Phi) is 8.84. The van der Waals surface area contributed by atoms with Crippen molar-refractivity contribution in [3.63, 3.8) is 0 Å². The van der Waals surface area contributed by atoms with E-state index in [9.17, 15) is 30.2 Å². The van der Waals surface area contributed by atoms with Crippen molar-refractivity contribution in [2.75, 3.05) is 13.7 Å². The van der Waals surface area contributed by atoms with E-state index in [0.717, 1.165) is 50.7 Å². The number of ether oxygens (including phenoxy) is 1. The molecule has 0 heterocycles. The van der Waals surface area contributed by atoms with E-state index in [0.29, 0.717) is 29.7 Å². The van der Waals surface area contributed by atoms with E-state index in [-0.39, 0.29) is 22.9 Å². The largest absolute Gasteiger partial charge is 0.595 e. The lowest BCUT2D eigenvalue weighted by Gasteiger charge is -2.58. The van der Waals surface area contributed by atoms with Gasteiger partial charge < -0.3 is 30.3 Å². The van der Waals surface area contributed by atoms with Crippen molar-refractivity contribution in [3.05, 3.63) is 40.6 Å². The van der Waals surface area contributed by atoms with Crippen LogP contribution in [0.25, 0.3) is 0 Å². The molecule has 11 heteroatoms. The fraction of sp³-hybridized carbons (Fsp3) is 0.606. The van der Waals surface area contributed by atoms with Crippen LogP contribution in [-0.4, -0.2) is 58.4 Å². The number of benzene rings is 1. The number of allylic oxidation sites excluding steroid dienone is 2. The van der Waals surface area contributed by atoms with Gasteiger partial charge in [0.05, 0.1) is 12.8 Å². The molecule has 0 spiro atoms. The molecule has 1 unspecified atom stereocenters. The van der Waals surface area contributed by atoms with Crippen LogP contribution in [0.1, 0.15) is 70.8 Å². The van der Waals surface area contributed by atoms with Crippen molar-refractivity contribution in [1.82, 2.24) is 5.32 Å². The van der Waals surface area contributed by atoms with Gasteiger partial charge in [-0.3, -0.25) is 4.79 Å². The fourth-order valence-electron chi connectivity index (χ4n) is 8.76. The lowest BCUT2D eigenvalue weighted by Crippen LogP contribution is -2.99. The van der Waals surface area contributed by atoms with E-state index >= 15 is 0 Å². The third-order valence-corrected chi connectivity index (χ3v) is 11.3. The van der Waals surface area contributed by atoms with Gasteiger partial charge in [-0.15, -0.1) is 6.42 Å². The predicted molar refractivity (Wildman–Crippen MR) is 160 cm³/mol. The minimum absolute atomic E-state index is 0.0393. The maximum atomic E-state index is 12.7. The number of phenolic OH excluding ortho intramolecular Hbond substituents is 1. The number of quaternary nitrogens is 1. The summed E-state index contributed by atoms with van der Waals surface area (Å²) in [4.78, 5) is 30.4. The average Bonchev–Trinajstić information content (AvgIpc) is 3.27. The van der Waals surface area contributed by atoms with E-state index < -0.39 is 41.1 Å². The summed E-state index contributed by atoms with van der Waals surface area (Å²) < 4.78 is 4.81. The van der Waals surface area contributed by atoms with Crippen LogP contribution >= 0.6 is 0 Å². The zero-order chi connectivity index (χ0) is 31.9. The van der Waals surface area contributed by atoms with Crippen LogP contribution in [0.5, 0.6) is 5.75 Å². The molecule has 1 amide bonds. The Bertz CT molecular complexity index is 1400. The van der Waals surface area contributed by atoms with Gasteiger partial charge in [-0.2, -0.15) is 5.23 Å². The molecule has 3 saturated carbocycles. The lowest BCUT2D eigenvalue weighted by molar-refractivity contribution is -0.991. The van der Waals surface area contributed by atoms with Crippen molar-refractivity contribution in [2.24, 2.45) is 33.7 Å². The van der Waals surface area contributed by atoms with Gasteiger partial charge >= 0.3 is 5.97 Å². The molecular formula is C33H43N3O8. The lowest BCUT2D eigenvalue weighted by atomic mass is 9.46. The third-order valence-electron chi connectivity index (χ3n) is 11.3. The highest BCUT2D eigenvalue weighted by Crippen LogP contribution is 2.67. The minimum atomic E-state index is -1.31. The summed E-state index contributed by atoms with van der Waals surface area (Å²) in [5.74, 6) is 2.57. The molecule has 11 nitrogen and oxygen atoms in total. The molecule has 8 atom stereocenters. The Hall–Kier alpha value is -3.43. The smallest absolute Gasteiger partial charge is 0.328 e. The molecule has 1 aromatic rings. The van der Waals surface area contributed by atoms with Crippen LogP contribution < -0.4 is 10.5 Å². The molecule has 5 rings (SSSR count). The quantitative estimate of drug-likeness (QED) is 0.130. The second-order valence-electron chi connectivity index (χ2n) is 13.4. The Morgan fingerprint density at radius 2 is 1.95 bits per heavy atom. The maximum absolute atomic E-state index is 12.7. The standard InChI is InChI=1S/C33H43N3O8/c1-5-33(40)15-12-25-23-8-7-21-18-22(10-13-31(21,2)24(23)11-14-32(25,33)3)35-44-19-29(38)34-26(30(39)43-4)16-20-6-9-28(37)27(17-20)36(41)42/h1,6,9,17-18,23-26,36-37,40-41H,7-8,10-16,19H2,2-4H3,(H,34,38)/t23-,24-,25+,26-,31-,32+,33+/m0/s1. The number of aromatic hydroxyl groups is 1. The zero-order valence-corrected chi connectivity index (χ0v) is 25.6. The van der Waals surface area contributed by atoms with Crippen molar-refractivity contribution < 1.29 is 39.8 Å². The van der Waals surface area contributed by atoms with Gasteiger partial charge in [0.1, 0.15) is 11.6 Å². The van der Waals surface area contributed by atoms with Crippen molar-refractivity contribution in [2.45, 2.75) is 83.3 Å². The summed E-state index contributed by atoms with van der Waals surface area (Å²) in [6.07, 6.45) is 15.2. The number of hydrogen-bond donors (Lipinski definition) is 5. The Morgan fingerprint density at radius 3 is 2.66 bits per heavy atom. The molecular weight excluding hydrogens is 566 g/mol. The summed E-state index contributed by atoms with van der Waals surface area (Å²) in [6.45, 7) is 4.16. The second kappa shape index (κ2) is 12.2. The number of oxime groups is 1. The number of methoxy groups -OCH3 is 1. The first-order valence-corrected chi connectivity index (χ1v) is 15.4. The number of amides is 1. The van der Waals surface area contributed by atoms with Crippen LogP contribution in [-0.2, 0) is 25.6 Å². The van der Waals surface area contributed by atoms with Gasteiger partial charge in [-0.1, -0.05) is 36.6 Å². The Morgan fingerprint density at radius 1 is 1.20 bits per heavy atom. The summed E-state index contributed by atoms with van der Waals surface area (Å²) in [6, 6.07) is 2.86. The average molecular weight is 610 g/mol. The number of carbonyl (C=O) groups excluding carboxylic acids is 2. The molecule has 0 saturated heterocycles. The van der Waals surface area contributed by atoms with E-state index in [1.165, 1.54) is 30.9 Å². The highest BCUT2D eigenvalue weighted by Gasteiger charge is 2.63. The maximum Gasteiger partial charge on any atom is 0.328 e. The first-order valence-electron chi connectivity index (χ1n) is 15.4. The predicted octanol–water partition coefficient (Wildman–Crippen LogP) is 2.70. The fourth-order valence-corrected chi connectivity index (χ4v) is 8.76. The third kappa shape index (κ3) is 5.60. The molecule has 0 bridgehead atoms. The van der Waals surface area contributed by atoms with Gasteiger partial charge in [-0.25, -0.2) is 10.0 Å². The monoisotopic (exact) mass is 609 g/mol. The van der Waals surface area contributed by atoms with Crippen LogP contribution in [0.15, 0.2) is 35.0 Å². The SMILES string of the molecule is C#C[C@@]1(O)CC[C@@H]2[C@H]3CCC4=CC(=NOCC(=O)N[C@@H](Cc5ccc(O)c([NH+]([O-])O)c5)C(=O)OC)CC[C@]4(C)[C@H]3CC[C@]21C. The molecule has 4 aliphatic rings. The summed E-state index contributed by atoms with van der Waals surface area (Å²) in [5.41, 5.74) is 1.08. The van der Waals surface area contributed by atoms with Crippen LogP contribution in [0.4, 0.5) is 5.69 Å². The van der Waals surface area contributed by atoms with E-state index in [1.54, 1.807) is 0 Å². The number of terminal acetylenes is 1. The molecule has 44 heavy (non-hydrogen) atoms. The number of esters is 1. The molecule has 4 aliphatic carbocycles. The van der Waals surface area contributed by atoms with Gasteiger partial charge in [0.15, 0.2) is 12.4 Å². The van der Waals surface area contributed by atoms with Crippen molar-refractivity contribution >= 4 is 23.3 Å². The van der Waals surface area contributed by atoms with Gasteiger partial charge in [0.2, 0.25) is 5.69 Å². The molecule has 5 N–H and O–H groups in total. The van der Waals surface area contributed by atoms with Crippen LogP contribution in [0.2, 0.25) is 0 Å². The highest BCUT2D eigenvalue weighted by atomic mass is 16.8. The van der Waals surface area contributed by atoms with Gasteiger partial charge in [0, 0.05) is 17.9 Å². The summed E-state index contributed by atoms with van der Waals surface area (Å²) in [7, 11) is 1.19. The van der Waals surface area contributed by atoms with Gasteiger partial charge in [-0.05, 0) is 92.2 Å². The molecule has 3 fully saturated rings. The number of rotatable bonds is 8. The van der Waals surface area contributed by atoms with E-state index in [4.69, 9.17) is 16.0 Å². The molecule has 0 aliphatic heterocycles. The highest BCUT2D eigenvalue weighted by molar-refractivity contribution is 5.96. The number of carbonyl (C=O) groups is 2. The number of phenols is 1. The molecule has 0 aromatic heterocycles. The minimum Gasteiger partial charge on any atom is -0.595 e. The Balaban J connectivity index is 1.20. The summed E-state index contributed by atoms with van der Waals surface area (Å²) in [5, 5.41) is 47.1. The van der Waals surface area contributed by atoms with Gasteiger partial charge in [0.25, 0.3) is 5.91 Å². The second-order valence-corrected chi connectivity index (χ2v) is 13.4. The van der Waals surface area contributed by atoms with Crippen LogP contribution in [0, 0.1) is 46.1 Å². The number of fused-ring (bicyclic) bond motifs is 5. The zero-order valence-electron chi connectivity index (χ0n) is 25.6. The first-order chi connectivity index (χ1) is 20.8. The first kappa shape index (κ1) is 32.0. The number of aliphatic hydroxyl groups is 1. The Labute approximate surface area is 257 Å². The van der Waals surface area contributed by atoms with Crippen molar-refractivity contribution in [3.8, 4) is 18.1 Å². The summed E-state index contributed by atoms with van der Waals surface area (Å²) >= 11 is 0.